The van der Waals surface area contributed by atoms with E-state index in [0.717, 1.165) is 23.5 Å². The minimum absolute atomic E-state index is 0.0573. The van der Waals surface area contributed by atoms with Gasteiger partial charge >= 0.3 is 0 Å². The Morgan fingerprint density at radius 2 is 1.93 bits per heavy atom. The molecule has 0 aliphatic rings. The van der Waals surface area contributed by atoms with Crippen LogP contribution in [0.3, 0.4) is 0 Å². The highest BCUT2D eigenvalue weighted by atomic mass is 16.4. The van der Waals surface area contributed by atoms with Gasteiger partial charge in [0.25, 0.3) is 0 Å². The molecule has 6 nitrogen and oxygen atoms in total. The average Bonchev–Trinajstić information content (AvgIpc) is 3.39. The van der Waals surface area contributed by atoms with Crippen molar-refractivity contribution in [1.29, 1.82) is 0 Å². The fourth-order valence-electron chi connectivity index (χ4n) is 2.98. The smallest absolute Gasteiger partial charge is 0.191 e. The van der Waals surface area contributed by atoms with Crippen molar-refractivity contribution in [2.75, 3.05) is 13.1 Å². The topological polar surface area (TPSA) is 82.9 Å². The summed E-state index contributed by atoms with van der Waals surface area (Å²) in [6.07, 6.45) is 2.41. The van der Waals surface area contributed by atoms with E-state index >= 15 is 0 Å². The average molecular weight is 396 g/mol. The van der Waals surface area contributed by atoms with Crippen LogP contribution in [-0.2, 0) is 12.0 Å². The van der Waals surface area contributed by atoms with Crippen LogP contribution in [0, 0.1) is 6.92 Å². The number of aryl methyl sites for hydroxylation is 1. The Labute approximate surface area is 171 Å². The monoisotopic (exact) mass is 395 g/mol. The van der Waals surface area contributed by atoms with Crippen LogP contribution in [0.1, 0.15) is 42.7 Å². The predicted octanol–water partition coefficient (Wildman–Crippen LogP) is 3.93. The molecule has 0 aliphatic heterocycles. The zero-order valence-electron chi connectivity index (χ0n) is 17.2. The third-order valence-corrected chi connectivity index (χ3v) is 4.71. The summed E-state index contributed by atoms with van der Waals surface area (Å²) in [4.78, 5) is 4.62. The minimum atomic E-state index is -1.19. The predicted molar refractivity (Wildman–Crippen MR) is 114 cm³/mol. The van der Waals surface area contributed by atoms with Gasteiger partial charge in [-0.25, -0.2) is 4.99 Å². The molecule has 1 aromatic carbocycles. The molecule has 2 atom stereocenters. The van der Waals surface area contributed by atoms with Gasteiger partial charge in [0.1, 0.15) is 22.9 Å². The molecule has 2 aromatic heterocycles. The fourth-order valence-corrected chi connectivity index (χ4v) is 2.98. The van der Waals surface area contributed by atoms with E-state index in [1.54, 1.807) is 19.3 Å². The molecule has 0 saturated carbocycles. The van der Waals surface area contributed by atoms with Gasteiger partial charge in [-0.15, -0.1) is 0 Å². The highest BCUT2D eigenvalue weighted by Crippen LogP contribution is 2.23. The van der Waals surface area contributed by atoms with E-state index in [1.165, 1.54) is 0 Å². The summed E-state index contributed by atoms with van der Waals surface area (Å²) < 4.78 is 11.0. The summed E-state index contributed by atoms with van der Waals surface area (Å²) in [7, 11) is 0. The third kappa shape index (κ3) is 5.99. The summed E-state index contributed by atoms with van der Waals surface area (Å²) >= 11 is 0. The highest BCUT2D eigenvalue weighted by molar-refractivity contribution is 5.80. The molecule has 0 amide bonds. The number of aliphatic imine (C=N–C) groups is 1. The number of guanidine groups is 1. The quantitative estimate of drug-likeness (QED) is 0.398. The first-order valence-electron chi connectivity index (χ1n) is 9.85. The van der Waals surface area contributed by atoms with Crippen LogP contribution in [-0.4, -0.2) is 24.2 Å². The van der Waals surface area contributed by atoms with E-state index in [9.17, 15) is 5.11 Å². The van der Waals surface area contributed by atoms with Gasteiger partial charge in [0.15, 0.2) is 5.96 Å². The van der Waals surface area contributed by atoms with Gasteiger partial charge in [-0.3, -0.25) is 0 Å². The first kappa shape index (κ1) is 20.7. The number of rotatable bonds is 8. The molecule has 0 saturated heterocycles. The Bertz CT molecular complexity index is 899. The molecule has 3 N–H and O–H groups in total. The molecule has 0 fully saturated rings. The number of aliphatic hydroxyl groups is 1. The fraction of sp³-hybridized carbons (Fsp3) is 0.348. The lowest BCUT2D eigenvalue weighted by molar-refractivity contribution is 0.0428. The van der Waals surface area contributed by atoms with E-state index in [-0.39, 0.29) is 12.6 Å². The summed E-state index contributed by atoms with van der Waals surface area (Å²) in [6, 6.07) is 17.7. The van der Waals surface area contributed by atoms with Crippen LogP contribution in [0.15, 0.2) is 74.7 Å². The van der Waals surface area contributed by atoms with Gasteiger partial charge in [-0.05, 0) is 50.6 Å². The molecule has 154 valence electrons. The van der Waals surface area contributed by atoms with Crippen molar-refractivity contribution in [3.05, 3.63) is 83.7 Å². The second kappa shape index (κ2) is 9.47. The standard InChI is InChI=1S/C23H29N3O3/c1-17-11-12-21(29-17)23(3,27)16-25-22(24-14-13-20-10-7-15-28-20)26-18(2)19-8-5-4-6-9-19/h4-12,15,18,27H,13-14,16H2,1-3H3,(H2,24,25,26). The molecule has 6 heteroatoms. The Morgan fingerprint density at radius 1 is 1.14 bits per heavy atom. The number of furan rings is 2. The van der Waals surface area contributed by atoms with Crippen LogP contribution in [0.25, 0.3) is 0 Å². The Kier molecular flexibility index (Phi) is 6.77. The van der Waals surface area contributed by atoms with Crippen molar-refractivity contribution in [3.8, 4) is 0 Å². The maximum atomic E-state index is 10.8. The minimum Gasteiger partial charge on any atom is -0.469 e. The number of benzene rings is 1. The van der Waals surface area contributed by atoms with Crippen molar-refractivity contribution in [3.63, 3.8) is 0 Å². The van der Waals surface area contributed by atoms with E-state index < -0.39 is 5.60 Å². The second-order valence-corrected chi connectivity index (χ2v) is 7.38. The van der Waals surface area contributed by atoms with Crippen LogP contribution < -0.4 is 10.6 Å². The number of nitrogens with one attached hydrogen (secondary N) is 2. The maximum absolute atomic E-state index is 10.8. The molecule has 29 heavy (non-hydrogen) atoms. The molecule has 3 aromatic rings. The van der Waals surface area contributed by atoms with Crippen LogP contribution >= 0.6 is 0 Å². The number of nitrogens with zero attached hydrogens (tertiary/aromatic N) is 1. The second-order valence-electron chi connectivity index (χ2n) is 7.38. The number of hydrogen-bond donors (Lipinski definition) is 3. The van der Waals surface area contributed by atoms with Crippen LogP contribution in [0.2, 0.25) is 0 Å². The van der Waals surface area contributed by atoms with E-state index in [4.69, 9.17) is 8.83 Å². The van der Waals surface area contributed by atoms with Gasteiger partial charge in [0, 0.05) is 13.0 Å². The first-order valence-corrected chi connectivity index (χ1v) is 9.85. The number of hydrogen-bond acceptors (Lipinski definition) is 4. The molecule has 0 radical (unpaired) electrons. The Morgan fingerprint density at radius 3 is 2.59 bits per heavy atom. The Hall–Kier alpha value is -2.99. The van der Waals surface area contributed by atoms with Crippen LogP contribution in [0.4, 0.5) is 0 Å². The normalized spacial score (nSPS) is 15.0. The zero-order valence-corrected chi connectivity index (χ0v) is 17.2. The molecular formula is C23H29N3O3. The van der Waals surface area contributed by atoms with E-state index in [1.807, 2.05) is 43.3 Å². The summed E-state index contributed by atoms with van der Waals surface area (Å²) in [5.41, 5.74) is -0.0405. The van der Waals surface area contributed by atoms with Gasteiger partial charge in [0.05, 0.1) is 18.8 Å². The molecule has 2 unspecified atom stereocenters. The largest absolute Gasteiger partial charge is 0.469 e. The highest BCUT2D eigenvalue weighted by Gasteiger charge is 2.27. The van der Waals surface area contributed by atoms with Gasteiger partial charge in [0.2, 0.25) is 0 Å². The van der Waals surface area contributed by atoms with E-state index in [2.05, 4.69) is 34.7 Å². The SMILES string of the molecule is Cc1ccc(C(C)(O)CN=C(NCCc2ccco2)NC(C)c2ccccc2)o1. The lowest BCUT2D eigenvalue weighted by Crippen LogP contribution is -2.41. The summed E-state index contributed by atoms with van der Waals surface area (Å²) in [5.74, 6) is 2.80. The molecule has 0 bridgehead atoms. The summed E-state index contributed by atoms with van der Waals surface area (Å²) in [6.45, 7) is 6.46. The van der Waals surface area contributed by atoms with Gasteiger partial charge in [-0.1, -0.05) is 30.3 Å². The van der Waals surface area contributed by atoms with Crippen molar-refractivity contribution in [2.45, 2.75) is 38.8 Å². The molecular weight excluding hydrogens is 366 g/mol. The van der Waals surface area contributed by atoms with Crippen molar-refractivity contribution < 1.29 is 13.9 Å². The lowest BCUT2D eigenvalue weighted by Gasteiger charge is -2.22. The third-order valence-electron chi connectivity index (χ3n) is 4.71. The first-order chi connectivity index (χ1) is 13.9. The maximum Gasteiger partial charge on any atom is 0.191 e. The van der Waals surface area contributed by atoms with E-state index in [0.29, 0.717) is 18.3 Å². The molecule has 3 rings (SSSR count). The Balaban J connectivity index is 1.69. The van der Waals surface area contributed by atoms with Crippen LogP contribution in [0.5, 0.6) is 0 Å². The summed E-state index contributed by atoms with van der Waals surface area (Å²) in [5, 5.41) is 17.5. The molecule has 0 aliphatic carbocycles. The lowest BCUT2D eigenvalue weighted by atomic mass is 10.0. The molecule has 2 heterocycles. The van der Waals surface area contributed by atoms with Crippen molar-refractivity contribution in [1.82, 2.24) is 10.6 Å². The zero-order chi connectivity index (χ0) is 20.7. The van der Waals surface area contributed by atoms with Crippen molar-refractivity contribution >= 4 is 5.96 Å². The molecule has 0 spiro atoms. The van der Waals surface area contributed by atoms with Gasteiger partial charge < -0.3 is 24.6 Å². The van der Waals surface area contributed by atoms with Crippen molar-refractivity contribution in [2.24, 2.45) is 4.99 Å². The van der Waals surface area contributed by atoms with Gasteiger partial charge in [-0.2, -0.15) is 0 Å².